The Morgan fingerprint density at radius 1 is 1.67 bits per heavy atom. The predicted octanol–water partition coefficient (Wildman–Crippen LogP) is 1.73. The average molecular weight is 167 g/mol. The molecule has 0 saturated heterocycles. The van der Waals surface area contributed by atoms with Gasteiger partial charge in [-0.1, -0.05) is 13.3 Å². The Balaban J connectivity index is 2.92. The smallest absolute Gasteiger partial charge is 0.0724 e. The minimum atomic E-state index is -0.141. The Labute approximate surface area is 71.0 Å². The highest BCUT2D eigenvalue weighted by Crippen LogP contribution is 2.16. The van der Waals surface area contributed by atoms with Gasteiger partial charge < -0.3 is 10.4 Å². The van der Waals surface area contributed by atoms with Crippen molar-refractivity contribution in [2.24, 2.45) is 0 Å². The van der Waals surface area contributed by atoms with Crippen LogP contribution in [0.4, 0.5) is 5.69 Å². The van der Waals surface area contributed by atoms with Crippen LogP contribution in [0.2, 0.25) is 0 Å². The van der Waals surface area contributed by atoms with Gasteiger partial charge in [-0.2, -0.15) is 0 Å². The van der Waals surface area contributed by atoms with Crippen LogP contribution in [0.3, 0.4) is 0 Å². The van der Waals surface area contributed by atoms with Gasteiger partial charge in [-0.15, -0.1) is 0 Å². The Hall–Kier alpha value is -1.13. The average Bonchev–Trinajstić information content (AvgIpc) is 2.05. The largest absolute Gasteiger partial charge is 0.733 e. The number of pyridine rings is 1. The minimum Gasteiger partial charge on any atom is -0.733 e. The molecule has 4 nitrogen and oxygen atoms in total. The number of nitrogens with zero attached hydrogens (tertiary/aromatic N) is 2. The highest BCUT2D eigenvalue weighted by Gasteiger charge is 2.01. The van der Waals surface area contributed by atoms with E-state index < -0.39 is 0 Å². The lowest BCUT2D eigenvalue weighted by Gasteiger charge is -2.23. The second-order valence-corrected chi connectivity index (χ2v) is 2.49. The quantitative estimate of drug-likeness (QED) is 0.696. The molecule has 0 aromatic carbocycles. The molecular weight excluding hydrogens is 156 g/mol. The van der Waals surface area contributed by atoms with Gasteiger partial charge in [0, 0.05) is 6.20 Å². The first-order chi connectivity index (χ1) is 5.75. The van der Waals surface area contributed by atoms with Gasteiger partial charge in [0.2, 0.25) is 0 Å². The Bertz CT molecular complexity index is 251. The second kappa shape index (κ2) is 4.04. The molecule has 0 spiro atoms. The van der Waals surface area contributed by atoms with Crippen LogP contribution >= 0.6 is 0 Å². The fourth-order valence-corrected chi connectivity index (χ4v) is 1.03. The number of rotatable bonds is 3. The molecule has 0 aliphatic rings. The van der Waals surface area contributed by atoms with E-state index in [4.69, 9.17) is 5.21 Å². The molecule has 0 saturated carbocycles. The van der Waals surface area contributed by atoms with E-state index in [1.165, 1.54) is 0 Å². The first-order valence-electron chi connectivity index (χ1n) is 3.85. The molecule has 0 fully saturated rings. The van der Waals surface area contributed by atoms with Crippen molar-refractivity contribution in [3.8, 4) is 0 Å². The zero-order chi connectivity index (χ0) is 8.97. The topological polar surface area (TPSA) is 59.4 Å². The van der Waals surface area contributed by atoms with Crippen molar-refractivity contribution >= 4 is 5.69 Å². The molecule has 0 atom stereocenters. The van der Waals surface area contributed by atoms with Crippen molar-refractivity contribution in [1.29, 1.82) is 0 Å². The van der Waals surface area contributed by atoms with Gasteiger partial charge in [-0.3, -0.25) is 10.2 Å². The van der Waals surface area contributed by atoms with Crippen LogP contribution in [-0.4, -0.2) is 10.2 Å². The molecule has 1 heterocycles. The molecule has 0 amide bonds. The highest BCUT2D eigenvalue weighted by molar-refractivity contribution is 5.48. The summed E-state index contributed by atoms with van der Waals surface area (Å²) in [7, 11) is 0. The van der Waals surface area contributed by atoms with E-state index in [2.05, 4.69) is 4.98 Å². The van der Waals surface area contributed by atoms with E-state index in [1.54, 1.807) is 18.3 Å². The van der Waals surface area contributed by atoms with Crippen LogP contribution in [-0.2, 0) is 6.42 Å². The summed E-state index contributed by atoms with van der Waals surface area (Å²) in [5, 5.41) is 19.1. The Morgan fingerprint density at radius 2 is 2.42 bits per heavy atom. The molecule has 66 valence electrons. The second-order valence-electron chi connectivity index (χ2n) is 2.49. The van der Waals surface area contributed by atoms with E-state index in [0.29, 0.717) is 12.1 Å². The number of hydrogen-bond acceptors (Lipinski definition) is 4. The monoisotopic (exact) mass is 167 g/mol. The van der Waals surface area contributed by atoms with Gasteiger partial charge in [0.05, 0.1) is 11.4 Å². The van der Waals surface area contributed by atoms with E-state index >= 15 is 0 Å². The molecule has 0 aliphatic carbocycles. The lowest BCUT2D eigenvalue weighted by Crippen LogP contribution is -2.10. The molecule has 12 heavy (non-hydrogen) atoms. The summed E-state index contributed by atoms with van der Waals surface area (Å²) in [5.41, 5.74) is 0.872. The van der Waals surface area contributed by atoms with Crippen molar-refractivity contribution in [1.82, 2.24) is 4.98 Å². The minimum absolute atomic E-state index is 0.141. The number of hydrogen-bond donors (Lipinski definition) is 1. The summed E-state index contributed by atoms with van der Waals surface area (Å²) in [6.45, 7) is 1.99. The summed E-state index contributed by atoms with van der Waals surface area (Å²) in [6, 6.07) is 3.17. The van der Waals surface area contributed by atoms with Crippen molar-refractivity contribution in [3.63, 3.8) is 0 Å². The third-order valence-electron chi connectivity index (χ3n) is 1.56. The van der Waals surface area contributed by atoms with Crippen molar-refractivity contribution in [2.75, 3.05) is 5.23 Å². The van der Waals surface area contributed by atoms with Crippen LogP contribution < -0.4 is 5.23 Å². The van der Waals surface area contributed by atoms with Crippen LogP contribution in [0.5, 0.6) is 0 Å². The van der Waals surface area contributed by atoms with Crippen molar-refractivity contribution in [3.05, 3.63) is 29.2 Å². The molecule has 0 unspecified atom stereocenters. The van der Waals surface area contributed by atoms with E-state index in [9.17, 15) is 5.21 Å². The zero-order valence-corrected chi connectivity index (χ0v) is 6.90. The molecule has 4 heteroatoms. The number of aryl methyl sites for hydroxylation is 1. The van der Waals surface area contributed by atoms with Crippen molar-refractivity contribution < 1.29 is 5.21 Å². The highest BCUT2D eigenvalue weighted by atomic mass is 16.8. The fourth-order valence-electron chi connectivity index (χ4n) is 1.03. The van der Waals surface area contributed by atoms with Crippen LogP contribution in [0.25, 0.3) is 0 Å². The SMILES string of the molecule is CCCc1ncccc1N([O-])O. The molecule has 0 bridgehead atoms. The summed E-state index contributed by atoms with van der Waals surface area (Å²) in [6.07, 6.45) is 3.21. The summed E-state index contributed by atoms with van der Waals surface area (Å²) in [5.74, 6) is 0. The van der Waals surface area contributed by atoms with Gasteiger partial charge in [0.25, 0.3) is 0 Å². The van der Waals surface area contributed by atoms with Gasteiger partial charge in [0.1, 0.15) is 0 Å². The predicted molar refractivity (Wildman–Crippen MR) is 45.9 cm³/mol. The summed E-state index contributed by atoms with van der Waals surface area (Å²) >= 11 is 0. The molecule has 1 N–H and O–H groups in total. The molecular formula is C8H11N2O2-. The van der Waals surface area contributed by atoms with Crippen LogP contribution in [0, 0.1) is 5.21 Å². The fraction of sp³-hybridized carbons (Fsp3) is 0.375. The lowest BCUT2D eigenvalue weighted by atomic mass is 10.2. The number of anilines is 1. The first kappa shape index (κ1) is 8.96. The first-order valence-corrected chi connectivity index (χ1v) is 3.85. The van der Waals surface area contributed by atoms with Gasteiger partial charge >= 0.3 is 0 Å². The maximum atomic E-state index is 10.6. The molecule has 1 aromatic rings. The molecule has 1 aromatic heterocycles. The number of aromatic nitrogens is 1. The van der Waals surface area contributed by atoms with E-state index in [1.807, 2.05) is 6.92 Å². The lowest BCUT2D eigenvalue weighted by molar-refractivity contribution is 0.295. The molecule has 0 aliphatic heterocycles. The van der Waals surface area contributed by atoms with E-state index in [0.717, 1.165) is 6.42 Å². The third-order valence-corrected chi connectivity index (χ3v) is 1.56. The molecule has 1 rings (SSSR count). The van der Waals surface area contributed by atoms with Gasteiger partial charge in [-0.05, 0) is 18.6 Å². The standard InChI is InChI=1S/C8H11N2O2/c1-2-4-7-8(10(11)12)5-3-6-9-7/h3,5-6,11H,2,4H2,1H3/q-1. The normalized spacial score (nSPS) is 9.92. The third kappa shape index (κ3) is 1.93. The van der Waals surface area contributed by atoms with Gasteiger partial charge in [-0.25, -0.2) is 0 Å². The summed E-state index contributed by atoms with van der Waals surface area (Å²) in [4.78, 5) is 3.99. The Kier molecular flexibility index (Phi) is 3.01. The summed E-state index contributed by atoms with van der Waals surface area (Å²) < 4.78 is 0. The van der Waals surface area contributed by atoms with Crippen LogP contribution in [0.1, 0.15) is 19.0 Å². The Morgan fingerprint density at radius 3 is 3.00 bits per heavy atom. The molecule has 0 radical (unpaired) electrons. The zero-order valence-electron chi connectivity index (χ0n) is 6.90. The van der Waals surface area contributed by atoms with Crippen molar-refractivity contribution in [2.45, 2.75) is 19.8 Å². The maximum Gasteiger partial charge on any atom is 0.0724 e. The van der Waals surface area contributed by atoms with Gasteiger partial charge in [0.15, 0.2) is 0 Å². The van der Waals surface area contributed by atoms with E-state index in [-0.39, 0.29) is 10.9 Å². The van der Waals surface area contributed by atoms with Crippen LogP contribution in [0.15, 0.2) is 18.3 Å². The maximum absolute atomic E-state index is 10.6.